The second kappa shape index (κ2) is 6.80. The topological polar surface area (TPSA) is 54.3 Å². The molecule has 1 heterocycles. The summed E-state index contributed by atoms with van der Waals surface area (Å²) in [6.45, 7) is 5.17. The van der Waals surface area contributed by atoms with E-state index in [1.54, 1.807) is 0 Å². The van der Waals surface area contributed by atoms with Crippen molar-refractivity contribution in [2.75, 3.05) is 11.9 Å². The standard InChI is InChI=1S/C16H20N2O2/c1-3-17-16(19)10-13-5-7-14(8-6-13)18-11-15-9-4-12(2)20-15/h4-9,18H,3,10-11H2,1-2H3,(H,17,19). The van der Waals surface area contributed by atoms with Gasteiger partial charge in [-0.05, 0) is 43.7 Å². The molecule has 0 aliphatic heterocycles. The fourth-order valence-electron chi connectivity index (χ4n) is 1.95. The number of hydrogen-bond acceptors (Lipinski definition) is 3. The van der Waals surface area contributed by atoms with Crippen LogP contribution >= 0.6 is 0 Å². The Hall–Kier alpha value is -2.23. The van der Waals surface area contributed by atoms with Crippen LogP contribution in [-0.2, 0) is 17.8 Å². The Labute approximate surface area is 119 Å². The molecule has 1 amide bonds. The Morgan fingerprint density at radius 2 is 1.90 bits per heavy atom. The molecule has 0 radical (unpaired) electrons. The van der Waals surface area contributed by atoms with Crippen LogP contribution in [-0.4, -0.2) is 12.5 Å². The molecular weight excluding hydrogens is 252 g/mol. The second-order valence-corrected chi connectivity index (χ2v) is 4.69. The smallest absolute Gasteiger partial charge is 0.224 e. The van der Waals surface area contributed by atoms with Crippen molar-refractivity contribution in [2.24, 2.45) is 0 Å². The summed E-state index contributed by atoms with van der Waals surface area (Å²) in [5, 5.41) is 6.08. The van der Waals surface area contributed by atoms with Crippen LogP contribution in [0.5, 0.6) is 0 Å². The number of carbonyl (C=O) groups excluding carboxylic acids is 1. The molecule has 4 heteroatoms. The number of aryl methyl sites for hydroxylation is 1. The first-order valence-electron chi connectivity index (χ1n) is 6.82. The van der Waals surface area contributed by atoms with E-state index in [0.29, 0.717) is 19.5 Å². The third-order valence-electron chi connectivity index (χ3n) is 2.96. The fourth-order valence-corrected chi connectivity index (χ4v) is 1.95. The number of nitrogens with one attached hydrogen (secondary N) is 2. The van der Waals surface area contributed by atoms with Gasteiger partial charge in [0.2, 0.25) is 5.91 Å². The third-order valence-corrected chi connectivity index (χ3v) is 2.96. The van der Waals surface area contributed by atoms with Crippen molar-refractivity contribution in [3.05, 3.63) is 53.5 Å². The van der Waals surface area contributed by atoms with Crippen LogP contribution in [0.3, 0.4) is 0 Å². The molecule has 0 aliphatic rings. The lowest BCUT2D eigenvalue weighted by Gasteiger charge is -2.06. The Morgan fingerprint density at radius 3 is 2.50 bits per heavy atom. The summed E-state index contributed by atoms with van der Waals surface area (Å²) in [6.07, 6.45) is 0.422. The van der Waals surface area contributed by atoms with E-state index in [-0.39, 0.29) is 5.91 Å². The molecule has 0 saturated heterocycles. The summed E-state index contributed by atoms with van der Waals surface area (Å²) < 4.78 is 5.49. The molecule has 2 aromatic rings. The average Bonchev–Trinajstić information content (AvgIpc) is 2.84. The number of carbonyl (C=O) groups is 1. The van der Waals surface area contributed by atoms with Gasteiger partial charge in [-0.2, -0.15) is 0 Å². The highest BCUT2D eigenvalue weighted by atomic mass is 16.3. The maximum Gasteiger partial charge on any atom is 0.224 e. The first kappa shape index (κ1) is 14.2. The van der Waals surface area contributed by atoms with Crippen molar-refractivity contribution >= 4 is 11.6 Å². The van der Waals surface area contributed by atoms with Crippen LogP contribution in [0.15, 0.2) is 40.8 Å². The molecule has 0 fully saturated rings. The van der Waals surface area contributed by atoms with E-state index in [1.165, 1.54) is 0 Å². The van der Waals surface area contributed by atoms with E-state index in [9.17, 15) is 4.79 Å². The highest BCUT2D eigenvalue weighted by molar-refractivity contribution is 5.78. The molecule has 0 unspecified atom stereocenters. The zero-order chi connectivity index (χ0) is 14.4. The third kappa shape index (κ3) is 4.16. The van der Waals surface area contributed by atoms with E-state index in [0.717, 1.165) is 22.8 Å². The van der Waals surface area contributed by atoms with Crippen molar-refractivity contribution in [2.45, 2.75) is 26.8 Å². The largest absolute Gasteiger partial charge is 0.465 e. The van der Waals surface area contributed by atoms with E-state index in [4.69, 9.17) is 4.42 Å². The molecular formula is C16H20N2O2. The van der Waals surface area contributed by atoms with Crippen LogP contribution in [0.4, 0.5) is 5.69 Å². The molecule has 0 bridgehead atoms. The van der Waals surface area contributed by atoms with Crippen LogP contribution in [0.2, 0.25) is 0 Å². The molecule has 0 atom stereocenters. The van der Waals surface area contributed by atoms with Crippen molar-refractivity contribution in [3.63, 3.8) is 0 Å². The summed E-state index contributed by atoms with van der Waals surface area (Å²) >= 11 is 0. The van der Waals surface area contributed by atoms with Crippen LogP contribution < -0.4 is 10.6 Å². The minimum Gasteiger partial charge on any atom is -0.465 e. The number of benzene rings is 1. The van der Waals surface area contributed by atoms with E-state index in [2.05, 4.69) is 10.6 Å². The predicted octanol–water partition coefficient (Wildman–Crippen LogP) is 2.88. The van der Waals surface area contributed by atoms with Crippen molar-refractivity contribution in [1.82, 2.24) is 5.32 Å². The summed E-state index contributed by atoms with van der Waals surface area (Å²) in [5.41, 5.74) is 2.02. The van der Waals surface area contributed by atoms with Gasteiger partial charge in [0, 0.05) is 12.2 Å². The summed E-state index contributed by atoms with van der Waals surface area (Å²) in [7, 11) is 0. The van der Waals surface area contributed by atoms with Gasteiger partial charge in [-0.3, -0.25) is 4.79 Å². The molecule has 2 N–H and O–H groups in total. The Bertz CT molecular complexity index is 558. The van der Waals surface area contributed by atoms with Gasteiger partial charge in [0.05, 0.1) is 13.0 Å². The van der Waals surface area contributed by atoms with Gasteiger partial charge in [0.25, 0.3) is 0 Å². The lowest BCUT2D eigenvalue weighted by molar-refractivity contribution is -0.120. The molecule has 106 valence electrons. The molecule has 4 nitrogen and oxygen atoms in total. The Balaban J connectivity index is 1.86. The lowest BCUT2D eigenvalue weighted by Crippen LogP contribution is -2.24. The van der Waals surface area contributed by atoms with Gasteiger partial charge < -0.3 is 15.1 Å². The van der Waals surface area contributed by atoms with Crippen molar-refractivity contribution in [1.29, 1.82) is 0 Å². The zero-order valence-corrected chi connectivity index (χ0v) is 11.9. The predicted molar refractivity (Wildman–Crippen MR) is 79.6 cm³/mol. The normalized spacial score (nSPS) is 10.3. The maximum absolute atomic E-state index is 11.5. The Kier molecular flexibility index (Phi) is 4.82. The van der Waals surface area contributed by atoms with Crippen molar-refractivity contribution in [3.8, 4) is 0 Å². The Morgan fingerprint density at radius 1 is 1.15 bits per heavy atom. The van der Waals surface area contributed by atoms with Gasteiger partial charge in [0.15, 0.2) is 0 Å². The lowest BCUT2D eigenvalue weighted by atomic mass is 10.1. The first-order chi connectivity index (χ1) is 9.67. The highest BCUT2D eigenvalue weighted by Gasteiger charge is 2.02. The molecule has 2 rings (SSSR count). The first-order valence-corrected chi connectivity index (χ1v) is 6.82. The molecule has 1 aromatic carbocycles. The number of rotatable bonds is 6. The molecule has 20 heavy (non-hydrogen) atoms. The van der Waals surface area contributed by atoms with E-state index < -0.39 is 0 Å². The quantitative estimate of drug-likeness (QED) is 0.850. The van der Waals surface area contributed by atoms with Crippen LogP contribution in [0.1, 0.15) is 24.0 Å². The van der Waals surface area contributed by atoms with Gasteiger partial charge in [-0.25, -0.2) is 0 Å². The molecule has 0 saturated carbocycles. The number of amides is 1. The van der Waals surface area contributed by atoms with Gasteiger partial charge in [-0.15, -0.1) is 0 Å². The highest BCUT2D eigenvalue weighted by Crippen LogP contribution is 2.13. The molecule has 0 spiro atoms. The van der Waals surface area contributed by atoms with Crippen LogP contribution in [0, 0.1) is 6.92 Å². The van der Waals surface area contributed by atoms with Crippen LogP contribution in [0.25, 0.3) is 0 Å². The monoisotopic (exact) mass is 272 g/mol. The SMILES string of the molecule is CCNC(=O)Cc1ccc(NCc2ccc(C)o2)cc1. The van der Waals surface area contributed by atoms with E-state index in [1.807, 2.05) is 50.2 Å². The van der Waals surface area contributed by atoms with Crippen molar-refractivity contribution < 1.29 is 9.21 Å². The summed E-state index contributed by atoms with van der Waals surface area (Å²) in [6, 6.07) is 11.8. The van der Waals surface area contributed by atoms with Gasteiger partial charge >= 0.3 is 0 Å². The fraction of sp³-hybridized carbons (Fsp3) is 0.312. The maximum atomic E-state index is 11.5. The van der Waals surface area contributed by atoms with Gasteiger partial charge in [0.1, 0.15) is 11.5 Å². The zero-order valence-electron chi connectivity index (χ0n) is 11.9. The molecule has 0 aliphatic carbocycles. The minimum absolute atomic E-state index is 0.0549. The second-order valence-electron chi connectivity index (χ2n) is 4.69. The summed E-state index contributed by atoms with van der Waals surface area (Å²) in [5.74, 6) is 1.88. The average molecular weight is 272 g/mol. The number of anilines is 1. The number of likely N-dealkylation sites (N-methyl/N-ethyl adjacent to an activating group) is 1. The minimum atomic E-state index is 0.0549. The molecule has 1 aromatic heterocycles. The number of furan rings is 1. The van der Waals surface area contributed by atoms with Gasteiger partial charge in [-0.1, -0.05) is 12.1 Å². The van der Waals surface area contributed by atoms with E-state index >= 15 is 0 Å². The number of hydrogen-bond donors (Lipinski definition) is 2. The summed E-state index contributed by atoms with van der Waals surface area (Å²) in [4.78, 5) is 11.5.